The first-order valence-electron chi connectivity index (χ1n) is 16.0. The molecule has 44 heavy (non-hydrogen) atoms. The van der Waals surface area contributed by atoms with E-state index in [9.17, 15) is 24.2 Å². The second-order valence-corrected chi connectivity index (χ2v) is 14.9. The third-order valence-corrected chi connectivity index (χ3v) is 12.7. The van der Waals surface area contributed by atoms with Crippen molar-refractivity contribution in [3.8, 4) is 5.69 Å². The molecule has 7 rings (SSSR count). The predicted molar refractivity (Wildman–Crippen MR) is 163 cm³/mol. The number of carbonyl (C=O) groups is 2. The number of allylic oxidation sites excluding steroid dienone is 1. The van der Waals surface area contributed by atoms with Crippen molar-refractivity contribution < 1.29 is 33.7 Å². The van der Waals surface area contributed by atoms with Crippen molar-refractivity contribution in [1.29, 1.82) is 0 Å². The summed E-state index contributed by atoms with van der Waals surface area (Å²) in [7, 11) is 0. The van der Waals surface area contributed by atoms with Gasteiger partial charge in [0.25, 0.3) is 0 Å². The van der Waals surface area contributed by atoms with Crippen molar-refractivity contribution >= 4 is 28.9 Å². The zero-order chi connectivity index (χ0) is 30.9. The van der Waals surface area contributed by atoms with Gasteiger partial charge in [0.1, 0.15) is 5.82 Å². The molecule has 3 unspecified atom stereocenters. The van der Waals surface area contributed by atoms with Gasteiger partial charge >= 0.3 is 5.97 Å². The maximum Gasteiger partial charge on any atom is 0.336 e. The number of aliphatic hydroxyl groups is 2. The number of esters is 1. The summed E-state index contributed by atoms with van der Waals surface area (Å²) in [5, 5.41) is 26.1. The second-order valence-electron chi connectivity index (χ2n) is 13.9. The van der Waals surface area contributed by atoms with Gasteiger partial charge in [0.2, 0.25) is 5.12 Å². The zero-order valence-electron chi connectivity index (χ0n) is 25.3. The number of nitrogens with zero attached hydrogens (tertiary/aromatic N) is 2. The predicted octanol–water partition coefficient (Wildman–Crippen LogP) is 4.88. The van der Waals surface area contributed by atoms with Crippen LogP contribution in [0.1, 0.15) is 70.1 Å². The summed E-state index contributed by atoms with van der Waals surface area (Å²) in [5.41, 5.74) is 1.79. The van der Waals surface area contributed by atoms with E-state index in [-0.39, 0.29) is 46.5 Å². The third-order valence-electron chi connectivity index (χ3n) is 11.7. The van der Waals surface area contributed by atoms with E-state index in [4.69, 9.17) is 9.47 Å². The van der Waals surface area contributed by atoms with E-state index in [1.807, 2.05) is 17.8 Å². The Morgan fingerprint density at radius 2 is 2.00 bits per heavy atom. The van der Waals surface area contributed by atoms with Crippen LogP contribution in [0.4, 0.5) is 4.39 Å². The van der Waals surface area contributed by atoms with Crippen molar-refractivity contribution in [2.24, 2.45) is 28.6 Å². The average Bonchev–Trinajstić information content (AvgIpc) is 3.73. The first-order chi connectivity index (χ1) is 21.1. The molecule has 3 saturated carbocycles. The lowest BCUT2D eigenvalue weighted by Gasteiger charge is -2.60. The van der Waals surface area contributed by atoms with Crippen LogP contribution in [0.25, 0.3) is 11.8 Å². The number of aromatic nitrogens is 2. The molecule has 0 amide bonds. The number of halogens is 1. The molecule has 4 aliphatic carbocycles. The van der Waals surface area contributed by atoms with E-state index >= 15 is 0 Å². The minimum atomic E-state index is -1.38. The monoisotopic (exact) mass is 624 g/mol. The molecular weight excluding hydrogens is 583 g/mol. The van der Waals surface area contributed by atoms with Crippen LogP contribution in [0.5, 0.6) is 0 Å². The van der Waals surface area contributed by atoms with E-state index in [1.165, 1.54) is 17.7 Å². The Labute approximate surface area is 261 Å². The molecule has 10 heteroatoms. The molecule has 0 spiro atoms. The van der Waals surface area contributed by atoms with Crippen molar-refractivity contribution in [3.63, 3.8) is 0 Å². The lowest BCUT2D eigenvalue weighted by Crippen LogP contribution is -2.63. The van der Waals surface area contributed by atoms with Gasteiger partial charge in [0, 0.05) is 17.8 Å². The Balaban J connectivity index is 1.21. The smallest absolute Gasteiger partial charge is 0.336 e. The molecule has 1 aliphatic heterocycles. The van der Waals surface area contributed by atoms with E-state index in [0.717, 1.165) is 60.8 Å². The molecule has 2 aromatic rings. The number of benzene rings is 1. The first-order valence-corrected chi connectivity index (χ1v) is 16.9. The number of fused-ring (bicyclic) bond motifs is 6. The van der Waals surface area contributed by atoms with E-state index in [0.29, 0.717) is 25.9 Å². The number of ether oxygens (including phenoxy) is 2. The van der Waals surface area contributed by atoms with Crippen LogP contribution in [0.15, 0.2) is 36.0 Å². The number of hydrogen-bond donors (Lipinski definition) is 2. The number of thioether (sulfide) groups is 1. The van der Waals surface area contributed by atoms with Crippen LogP contribution in [0, 0.1) is 34.4 Å². The Morgan fingerprint density at radius 1 is 1.20 bits per heavy atom. The summed E-state index contributed by atoms with van der Waals surface area (Å²) < 4.78 is 27.4. The summed E-state index contributed by atoms with van der Waals surface area (Å²) in [6.45, 7) is 4.67. The van der Waals surface area contributed by atoms with Crippen LogP contribution in [0.3, 0.4) is 0 Å². The lowest BCUT2D eigenvalue weighted by molar-refractivity contribution is -0.202. The number of hydrogen-bond acceptors (Lipinski definition) is 8. The first kappa shape index (κ1) is 30.1. The molecule has 4 fully saturated rings. The average molecular weight is 625 g/mol. The van der Waals surface area contributed by atoms with Crippen molar-refractivity contribution in [1.82, 2.24) is 9.78 Å². The number of rotatable bonds is 6. The van der Waals surface area contributed by atoms with E-state index < -0.39 is 29.2 Å². The van der Waals surface area contributed by atoms with Gasteiger partial charge in [-0.2, -0.15) is 5.10 Å². The molecule has 1 aromatic heterocycles. The highest BCUT2D eigenvalue weighted by molar-refractivity contribution is 8.13. The second kappa shape index (κ2) is 11.1. The Morgan fingerprint density at radius 3 is 2.73 bits per heavy atom. The van der Waals surface area contributed by atoms with Crippen LogP contribution in [-0.4, -0.2) is 67.9 Å². The Kier molecular flexibility index (Phi) is 7.58. The van der Waals surface area contributed by atoms with Gasteiger partial charge in [-0.1, -0.05) is 31.2 Å². The summed E-state index contributed by atoms with van der Waals surface area (Å²) in [6, 6.07) is 6.35. The Hall–Kier alpha value is -2.53. The molecule has 236 valence electrons. The molecule has 0 bridgehead atoms. The molecule has 5 aliphatic rings. The van der Waals surface area contributed by atoms with Crippen molar-refractivity contribution in [2.75, 3.05) is 19.0 Å². The molecule has 8 atom stereocenters. The summed E-state index contributed by atoms with van der Waals surface area (Å²) in [5.74, 6) is -0.325. The van der Waals surface area contributed by atoms with Gasteiger partial charge in [-0.3, -0.25) is 4.79 Å². The van der Waals surface area contributed by atoms with Gasteiger partial charge in [-0.15, -0.1) is 0 Å². The zero-order valence-corrected chi connectivity index (χ0v) is 26.2. The van der Waals surface area contributed by atoms with Crippen LogP contribution >= 0.6 is 11.8 Å². The summed E-state index contributed by atoms with van der Waals surface area (Å²) >= 11 is 1.03. The molecular formula is C34H41FN2O6S. The van der Waals surface area contributed by atoms with E-state index in [1.54, 1.807) is 12.1 Å². The Bertz CT molecular complexity index is 1490. The largest absolute Gasteiger partial charge is 0.448 e. The van der Waals surface area contributed by atoms with Crippen molar-refractivity contribution in [3.05, 3.63) is 53.1 Å². The molecule has 0 radical (unpaired) electrons. The topological polar surface area (TPSA) is 111 Å². The van der Waals surface area contributed by atoms with Crippen LogP contribution in [-0.2, 0) is 25.5 Å². The fourth-order valence-electron chi connectivity index (χ4n) is 9.76. The highest BCUT2D eigenvalue weighted by Gasteiger charge is 2.71. The standard InChI is InChI=1S/C34H41FN2O6S/c1-32-17-20-19-36-37(23-8-6-22(35)7-9-23)26(20)16-21(32)5-10-24-25-11-12-34(31(41)44-15-13-38,33(25,2)18-27(39)29(24)32)43-30(40)28-4-3-14-42-28/h6-9,16,19,24-25,27-29,38-39H,3-5,10-15,17-18H2,1-2H3/t24-,25-,27-,28?,29?,32-,33-,34?/m0/s1. The van der Waals surface area contributed by atoms with E-state index in [2.05, 4.69) is 18.1 Å². The fraction of sp³-hybridized carbons (Fsp3) is 0.618. The van der Waals surface area contributed by atoms with Gasteiger partial charge in [0.15, 0.2) is 11.7 Å². The minimum Gasteiger partial charge on any atom is -0.448 e. The summed E-state index contributed by atoms with van der Waals surface area (Å²) in [6.07, 6.45) is 8.08. The van der Waals surface area contributed by atoms with Gasteiger partial charge in [0.05, 0.1) is 30.3 Å². The summed E-state index contributed by atoms with van der Waals surface area (Å²) in [4.78, 5) is 27.4. The van der Waals surface area contributed by atoms with Gasteiger partial charge < -0.3 is 19.7 Å². The SMILES string of the molecule is C[C@]12Cc3cnn(-c4ccc(F)cc4)c3C=C1CC[C@@H]1C2[C@@H](O)C[C@@]2(C)[C@H]1CCC2(OC(=O)C1CCCO1)C(=O)SCCO. The minimum absolute atomic E-state index is 0.0206. The van der Waals surface area contributed by atoms with Crippen molar-refractivity contribution in [2.45, 2.75) is 83.0 Å². The van der Waals surface area contributed by atoms with Crippen LogP contribution in [0.2, 0.25) is 0 Å². The highest BCUT2D eigenvalue weighted by Crippen LogP contribution is 2.69. The molecule has 1 aromatic carbocycles. The maximum absolute atomic E-state index is 14.0. The molecule has 2 heterocycles. The quantitative estimate of drug-likeness (QED) is 0.438. The number of aliphatic hydroxyl groups excluding tert-OH is 2. The van der Waals surface area contributed by atoms with Gasteiger partial charge in [-0.25, -0.2) is 13.9 Å². The molecule has 2 N–H and O–H groups in total. The lowest BCUT2D eigenvalue weighted by atomic mass is 9.45. The fourth-order valence-corrected chi connectivity index (χ4v) is 10.6. The maximum atomic E-state index is 14.0. The van der Waals surface area contributed by atoms with Gasteiger partial charge in [-0.05, 0) is 110 Å². The molecule has 1 saturated heterocycles. The third kappa shape index (κ3) is 4.46. The van der Waals surface area contributed by atoms with Crippen LogP contribution < -0.4 is 0 Å². The number of carbonyl (C=O) groups excluding carboxylic acids is 2. The normalized spacial score (nSPS) is 37.4. The highest BCUT2D eigenvalue weighted by atomic mass is 32.2. The molecule has 8 nitrogen and oxygen atoms in total.